The monoisotopic (exact) mass is 939 g/mol. The van der Waals surface area contributed by atoms with E-state index in [2.05, 4.69) is 15.0 Å². The summed E-state index contributed by atoms with van der Waals surface area (Å²) >= 11 is 0. The highest BCUT2D eigenvalue weighted by atomic mass is 32.2. The molecule has 1 aliphatic heterocycles. The molecule has 0 spiro atoms. The van der Waals surface area contributed by atoms with E-state index in [1.54, 1.807) is 107 Å². The molecule has 0 bridgehead atoms. The van der Waals surface area contributed by atoms with Crippen LogP contribution in [0.5, 0.6) is 17.2 Å². The first-order chi connectivity index (χ1) is 31.4. The zero-order chi connectivity index (χ0) is 47.4. The van der Waals surface area contributed by atoms with Crippen LogP contribution in [0.3, 0.4) is 0 Å². The van der Waals surface area contributed by atoms with Crippen molar-refractivity contribution in [2.45, 2.75) is 68.3 Å². The number of nitrogens with two attached hydrogens (primary N) is 2. The average molecular weight is 940 g/mol. The van der Waals surface area contributed by atoms with E-state index in [0.717, 1.165) is 5.56 Å². The highest BCUT2D eigenvalue weighted by Crippen LogP contribution is 2.42. The van der Waals surface area contributed by atoms with Gasteiger partial charge in [-0.1, -0.05) is 48.5 Å². The number of likely N-dealkylation sites (tertiary alicyclic amines) is 1. The van der Waals surface area contributed by atoms with Gasteiger partial charge in [0.15, 0.2) is 0 Å². The predicted octanol–water partition coefficient (Wildman–Crippen LogP) is 5.92. The highest BCUT2D eigenvalue weighted by molar-refractivity contribution is 7.92. The Morgan fingerprint density at radius 2 is 1.33 bits per heavy atom. The number of aromatic nitrogens is 4. The van der Waals surface area contributed by atoms with Gasteiger partial charge in [-0.25, -0.2) is 26.4 Å². The van der Waals surface area contributed by atoms with Gasteiger partial charge in [-0.05, 0) is 115 Å². The van der Waals surface area contributed by atoms with Gasteiger partial charge in [0, 0.05) is 32.2 Å². The summed E-state index contributed by atoms with van der Waals surface area (Å²) in [5.41, 5.74) is 14.6. The number of tetrazole rings is 1. The summed E-state index contributed by atoms with van der Waals surface area (Å²) in [6.45, 7) is 5.12. The Morgan fingerprint density at radius 1 is 0.773 bits per heavy atom. The number of benzene rings is 5. The van der Waals surface area contributed by atoms with Crippen LogP contribution in [-0.2, 0) is 44.4 Å². The van der Waals surface area contributed by atoms with E-state index in [0.29, 0.717) is 33.9 Å². The zero-order valence-corrected chi connectivity index (χ0v) is 39.1. The fourth-order valence-electron chi connectivity index (χ4n) is 7.40. The maximum atomic E-state index is 16.0. The highest BCUT2D eigenvalue weighted by Gasteiger charge is 2.40. The number of carbonyl (C=O) groups excluding carboxylic acids is 1. The maximum Gasteiger partial charge on any atom is 0.410 e. The summed E-state index contributed by atoms with van der Waals surface area (Å²) in [5.74, 6) is 1.57. The molecule has 20 heteroatoms. The quantitative estimate of drug-likeness (QED) is 0.0956. The van der Waals surface area contributed by atoms with Gasteiger partial charge in [0.1, 0.15) is 32.6 Å². The minimum atomic E-state index is -4.93. The first-order valence-corrected chi connectivity index (χ1v) is 23.8. The number of nitrogens with one attached hydrogen (secondary N) is 1. The third-order valence-electron chi connectivity index (χ3n) is 10.8. The number of nitrogens with zero attached hydrogens (tertiary/aromatic N) is 6. The molecule has 6 aromatic rings. The number of rotatable bonds is 16. The molecule has 1 saturated heterocycles. The van der Waals surface area contributed by atoms with Crippen molar-refractivity contribution in [1.82, 2.24) is 34.1 Å². The molecule has 1 amide bonds. The Hall–Kier alpha value is -6.74. The second-order valence-electron chi connectivity index (χ2n) is 16.7. The number of anilines is 2. The van der Waals surface area contributed by atoms with Crippen LogP contribution in [0.4, 0.5) is 16.2 Å². The van der Waals surface area contributed by atoms with E-state index in [-0.39, 0.29) is 67.5 Å². The van der Waals surface area contributed by atoms with Crippen molar-refractivity contribution in [2.24, 2.45) is 0 Å². The second-order valence-corrected chi connectivity index (χ2v) is 20.2. The Morgan fingerprint density at radius 3 is 1.86 bits per heavy atom. The van der Waals surface area contributed by atoms with E-state index in [1.807, 2.05) is 12.1 Å². The van der Waals surface area contributed by atoms with Crippen LogP contribution in [0.25, 0.3) is 22.5 Å². The number of hydrogen-bond acceptors (Lipinski definition) is 14. The molecule has 7 rings (SSSR count). The second kappa shape index (κ2) is 19.4. The standard InChI is InChI=1S/C46H53N9O9S2/c1-46(2,3)64-45(56)53-24-23-34(29-53)51-65(57,58)41-22-20-38(33-13-21-39(47)40(48)25-33)42(44-49-52-55(50-44)28-32-11-18-37(63-6)19-12-32)43(41)66(59,60)54(26-30-7-14-35(61-4)15-8-30)27-31-9-16-36(62-5)17-10-31/h7-22,25,34,51H,23-24,26-29,47-48H2,1-6H3/t34-/m1/s1. The molecule has 5 aromatic carbocycles. The first kappa shape index (κ1) is 47.2. The van der Waals surface area contributed by atoms with Crippen LogP contribution >= 0.6 is 0 Å². The number of amides is 1. The predicted molar refractivity (Wildman–Crippen MR) is 249 cm³/mol. The van der Waals surface area contributed by atoms with Gasteiger partial charge in [0.05, 0.1) is 44.8 Å². The molecule has 66 heavy (non-hydrogen) atoms. The number of carbonyl (C=O) groups is 1. The molecule has 0 unspecified atom stereocenters. The zero-order valence-electron chi connectivity index (χ0n) is 37.5. The molecule has 1 atom stereocenters. The topological polar surface area (TPSA) is 236 Å². The maximum absolute atomic E-state index is 16.0. The van der Waals surface area contributed by atoms with Crippen LogP contribution in [-0.4, -0.2) is 98.4 Å². The summed E-state index contributed by atoms with van der Waals surface area (Å²) in [5, 5.41) is 13.4. The molecule has 5 N–H and O–H groups in total. The molecule has 1 aliphatic rings. The number of sulfonamides is 2. The lowest BCUT2D eigenvalue weighted by atomic mass is 9.98. The van der Waals surface area contributed by atoms with Crippen LogP contribution < -0.4 is 30.4 Å². The van der Waals surface area contributed by atoms with E-state index in [4.69, 9.17) is 35.5 Å². The van der Waals surface area contributed by atoms with Crippen molar-refractivity contribution in [3.8, 4) is 39.8 Å². The van der Waals surface area contributed by atoms with Crippen LogP contribution in [0, 0.1) is 0 Å². The fourth-order valence-corrected chi connectivity index (χ4v) is 11.1. The number of ether oxygens (including phenoxy) is 4. The molecular weight excluding hydrogens is 887 g/mol. The van der Waals surface area contributed by atoms with Gasteiger partial charge in [-0.3, -0.25) is 0 Å². The first-order valence-electron chi connectivity index (χ1n) is 20.9. The molecule has 348 valence electrons. The van der Waals surface area contributed by atoms with Gasteiger partial charge in [-0.2, -0.15) is 9.10 Å². The lowest BCUT2D eigenvalue weighted by molar-refractivity contribution is 0.0292. The van der Waals surface area contributed by atoms with Crippen molar-refractivity contribution in [1.29, 1.82) is 0 Å². The average Bonchev–Trinajstić information content (AvgIpc) is 3.96. The van der Waals surface area contributed by atoms with Crippen LogP contribution in [0.1, 0.15) is 43.9 Å². The molecule has 1 aromatic heterocycles. The minimum absolute atomic E-state index is 0.0197. The SMILES string of the molecule is COc1ccc(CN(Cc2ccc(OC)cc2)S(=O)(=O)c2c(S(=O)(=O)N[C@@H]3CCN(C(=O)OC(C)(C)C)C3)ccc(-c3ccc(N)c(N)c3)c2-c2nnn(Cc3ccc(OC)cc3)n2)cc1. The van der Waals surface area contributed by atoms with E-state index < -0.39 is 47.6 Å². The third kappa shape index (κ3) is 10.8. The van der Waals surface area contributed by atoms with Crippen molar-refractivity contribution >= 4 is 37.5 Å². The summed E-state index contributed by atoms with van der Waals surface area (Å²) in [4.78, 5) is 14.5. The van der Waals surface area contributed by atoms with Gasteiger partial charge < -0.3 is 35.3 Å². The van der Waals surface area contributed by atoms with E-state index in [1.165, 1.54) is 40.4 Å². The van der Waals surface area contributed by atoms with Crippen LogP contribution in [0.15, 0.2) is 113 Å². The van der Waals surface area contributed by atoms with Crippen molar-refractivity contribution in [2.75, 3.05) is 45.9 Å². The molecule has 2 heterocycles. The fraction of sp³-hybridized carbons (Fsp3) is 0.304. The number of methoxy groups -OCH3 is 3. The van der Waals surface area contributed by atoms with Crippen molar-refractivity contribution < 1.29 is 40.6 Å². The molecule has 0 aliphatic carbocycles. The Kier molecular flexibility index (Phi) is 13.9. The van der Waals surface area contributed by atoms with Gasteiger partial charge >= 0.3 is 6.09 Å². The largest absolute Gasteiger partial charge is 0.497 e. The Bertz CT molecular complexity index is 2860. The van der Waals surface area contributed by atoms with Crippen LogP contribution in [0.2, 0.25) is 0 Å². The third-order valence-corrected chi connectivity index (χ3v) is 14.3. The molecule has 0 radical (unpaired) electrons. The Labute approximate surface area is 384 Å². The molecule has 1 fully saturated rings. The van der Waals surface area contributed by atoms with Gasteiger partial charge in [0.2, 0.25) is 25.9 Å². The van der Waals surface area contributed by atoms with Gasteiger partial charge in [-0.15, -0.1) is 10.2 Å². The Balaban J connectivity index is 1.44. The lowest BCUT2D eigenvalue weighted by Crippen LogP contribution is -2.41. The van der Waals surface area contributed by atoms with Gasteiger partial charge in [0.25, 0.3) is 0 Å². The van der Waals surface area contributed by atoms with Crippen molar-refractivity contribution in [3.63, 3.8) is 0 Å². The summed E-state index contributed by atoms with van der Waals surface area (Å²) in [7, 11) is -5.06. The minimum Gasteiger partial charge on any atom is -0.497 e. The molecular formula is C46H53N9O9S2. The summed E-state index contributed by atoms with van der Waals surface area (Å²) < 4.78 is 87.5. The van der Waals surface area contributed by atoms with E-state index >= 15 is 16.8 Å². The normalized spacial score (nSPS) is 14.3. The summed E-state index contributed by atoms with van der Waals surface area (Å²) in [6, 6.07) is 27.6. The number of hydrogen-bond donors (Lipinski definition) is 3. The van der Waals surface area contributed by atoms with E-state index in [9.17, 15) is 4.79 Å². The lowest BCUT2D eigenvalue weighted by Gasteiger charge is -2.27. The number of nitrogen functional groups attached to an aromatic ring is 2. The smallest absolute Gasteiger partial charge is 0.410 e. The van der Waals surface area contributed by atoms with Crippen molar-refractivity contribution in [3.05, 3.63) is 120 Å². The molecule has 18 nitrogen and oxygen atoms in total. The summed E-state index contributed by atoms with van der Waals surface area (Å²) in [6.07, 6.45) is -0.364. The molecule has 0 saturated carbocycles.